The maximum Gasteiger partial charge on any atom is 0.319 e. The highest BCUT2D eigenvalue weighted by Gasteiger charge is 2.45. The number of rotatable bonds is 5. The Bertz CT molecular complexity index is 426. The maximum atomic E-state index is 12.3. The van der Waals surface area contributed by atoms with Crippen LogP contribution in [0.5, 0.6) is 0 Å². The van der Waals surface area contributed by atoms with Crippen LogP contribution in [0.25, 0.3) is 0 Å². The van der Waals surface area contributed by atoms with Gasteiger partial charge in [0.1, 0.15) is 0 Å². The summed E-state index contributed by atoms with van der Waals surface area (Å²) in [6, 6.07) is -0.248. The maximum absolute atomic E-state index is 12.3. The Morgan fingerprint density at radius 2 is 2.05 bits per heavy atom. The first kappa shape index (κ1) is 17.3. The van der Waals surface area contributed by atoms with Gasteiger partial charge in [-0.1, -0.05) is 13.8 Å². The number of hydrogen-bond donors (Lipinski definition) is 1. The van der Waals surface area contributed by atoms with E-state index >= 15 is 0 Å². The molecule has 0 saturated carbocycles. The van der Waals surface area contributed by atoms with E-state index in [0.717, 1.165) is 0 Å². The lowest BCUT2D eigenvalue weighted by atomic mass is 9.84. The summed E-state index contributed by atoms with van der Waals surface area (Å²) in [6.45, 7) is 4.40. The van der Waals surface area contributed by atoms with Crippen molar-refractivity contribution in [2.45, 2.75) is 26.7 Å². The number of carboxylic acid groups (broad SMARTS) is 1. The third-order valence-electron chi connectivity index (χ3n) is 4.23. The summed E-state index contributed by atoms with van der Waals surface area (Å²) in [4.78, 5) is 38.1. The van der Waals surface area contributed by atoms with Gasteiger partial charge >= 0.3 is 18.0 Å². The zero-order chi connectivity index (χ0) is 16.2. The normalized spacial score (nSPS) is 22.8. The lowest BCUT2D eigenvalue weighted by Gasteiger charge is -2.28. The first-order chi connectivity index (χ1) is 9.77. The zero-order valence-corrected chi connectivity index (χ0v) is 13.1. The molecule has 7 heteroatoms. The Hall–Kier alpha value is -1.79. The van der Waals surface area contributed by atoms with E-state index in [1.807, 2.05) is 6.92 Å². The van der Waals surface area contributed by atoms with Crippen LogP contribution in [-0.4, -0.2) is 66.7 Å². The summed E-state index contributed by atoms with van der Waals surface area (Å²) in [5, 5.41) is 9.34. The molecule has 2 unspecified atom stereocenters. The van der Waals surface area contributed by atoms with Gasteiger partial charge in [0.15, 0.2) is 0 Å². The summed E-state index contributed by atoms with van der Waals surface area (Å²) >= 11 is 0. The average Bonchev–Trinajstić information content (AvgIpc) is 2.91. The van der Waals surface area contributed by atoms with Crippen LogP contribution in [0.2, 0.25) is 0 Å². The Kier molecular flexibility index (Phi) is 5.57. The number of carboxylic acids is 1. The van der Waals surface area contributed by atoms with Crippen molar-refractivity contribution in [1.29, 1.82) is 0 Å². The Labute approximate surface area is 124 Å². The second kappa shape index (κ2) is 6.78. The monoisotopic (exact) mass is 300 g/mol. The van der Waals surface area contributed by atoms with Gasteiger partial charge in [-0.2, -0.15) is 0 Å². The second-order valence-electron chi connectivity index (χ2n) is 5.70. The zero-order valence-electron chi connectivity index (χ0n) is 13.1. The highest BCUT2D eigenvalue weighted by atomic mass is 16.5. The van der Waals surface area contributed by atoms with Gasteiger partial charge in [-0.25, -0.2) is 4.79 Å². The molecule has 2 amide bonds. The molecule has 0 aromatic carbocycles. The Balaban J connectivity index is 2.64. The van der Waals surface area contributed by atoms with Crippen molar-refractivity contribution in [2.75, 3.05) is 33.8 Å². The van der Waals surface area contributed by atoms with E-state index in [2.05, 4.69) is 4.74 Å². The van der Waals surface area contributed by atoms with Crippen molar-refractivity contribution < 1.29 is 24.2 Å². The standard InChI is InChI=1S/C14H24N2O5/c1-5-14(12(18)19)6-7-16(9-14)13(20)15(3)8-10(2)11(17)21-4/h10H,5-9H2,1-4H3,(H,18,19). The number of ether oxygens (including phenoxy) is 1. The minimum atomic E-state index is -0.856. The molecule has 1 heterocycles. The number of carbonyl (C=O) groups is 3. The van der Waals surface area contributed by atoms with Crippen LogP contribution < -0.4 is 0 Å². The van der Waals surface area contributed by atoms with Crippen LogP contribution in [0, 0.1) is 11.3 Å². The van der Waals surface area contributed by atoms with Crippen LogP contribution in [-0.2, 0) is 14.3 Å². The van der Waals surface area contributed by atoms with E-state index in [-0.39, 0.29) is 25.1 Å². The van der Waals surface area contributed by atoms with Gasteiger partial charge in [0.05, 0.1) is 18.4 Å². The predicted molar refractivity (Wildman–Crippen MR) is 75.8 cm³/mol. The molecule has 2 atom stereocenters. The quantitative estimate of drug-likeness (QED) is 0.766. The molecule has 1 fully saturated rings. The van der Waals surface area contributed by atoms with Crippen molar-refractivity contribution >= 4 is 18.0 Å². The average molecular weight is 300 g/mol. The molecule has 0 aromatic heterocycles. The molecule has 1 aliphatic rings. The first-order valence-electron chi connectivity index (χ1n) is 7.08. The summed E-state index contributed by atoms with van der Waals surface area (Å²) in [7, 11) is 2.91. The number of nitrogens with zero attached hydrogens (tertiary/aromatic N) is 2. The number of likely N-dealkylation sites (tertiary alicyclic amines) is 1. The number of urea groups is 1. The summed E-state index contributed by atoms with van der Waals surface area (Å²) in [5.74, 6) is -1.64. The molecular formula is C14H24N2O5. The summed E-state index contributed by atoms with van der Waals surface area (Å²) < 4.78 is 4.63. The molecule has 1 saturated heterocycles. The largest absolute Gasteiger partial charge is 0.481 e. The molecule has 120 valence electrons. The molecule has 1 rings (SSSR count). The van der Waals surface area contributed by atoms with Gasteiger partial charge < -0.3 is 19.6 Å². The van der Waals surface area contributed by atoms with Gasteiger partial charge in [-0.15, -0.1) is 0 Å². The van der Waals surface area contributed by atoms with Crippen molar-refractivity contribution in [2.24, 2.45) is 11.3 Å². The van der Waals surface area contributed by atoms with E-state index in [4.69, 9.17) is 0 Å². The van der Waals surface area contributed by atoms with Gasteiger partial charge in [-0.3, -0.25) is 9.59 Å². The van der Waals surface area contributed by atoms with Crippen LogP contribution >= 0.6 is 0 Å². The molecule has 0 radical (unpaired) electrons. The molecule has 7 nitrogen and oxygen atoms in total. The molecular weight excluding hydrogens is 276 g/mol. The van der Waals surface area contributed by atoms with E-state index in [1.165, 1.54) is 12.0 Å². The number of carbonyl (C=O) groups excluding carboxylic acids is 2. The van der Waals surface area contributed by atoms with Crippen molar-refractivity contribution in [3.63, 3.8) is 0 Å². The fraction of sp³-hybridized carbons (Fsp3) is 0.786. The van der Waals surface area contributed by atoms with Crippen LogP contribution in [0.3, 0.4) is 0 Å². The van der Waals surface area contributed by atoms with Crippen molar-refractivity contribution in [1.82, 2.24) is 9.80 Å². The highest BCUT2D eigenvalue weighted by molar-refractivity contribution is 5.80. The van der Waals surface area contributed by atoms with Gasteiger partial charge in [-0.05, 0) is 12.8 Å². The first-order valence-corrected chi connectivity index (χ1v) is 7.08. The number of methoxy groups -OCH3 is 1. The number of aliphatic carboxylic acids is 1. The Morgan fingerprint density at radius 1 is 1.43 bits per heavy atom. The SMILES string of the molecule is CCC1(C(=O)O)CCN(C(=O)N(C)CC(C)C(=O)OC)C1. The predicted octanol–water partition coefficient (Wildman–Crippen LogP) is 1.03. The number of amides is 2. The fourth-order valence-corrected chi connectivity index (χ4v) is 2.66. The molecule has 1 aliphatic heterocycles. The molecule has 0 spiro atoms. The van der Waals surface area contributed by atoms with E-state index in [0.29, 0.717) is 19.4 Å². The number of hydrogen-bond acceptors (Lipinski definition) is 4. The molecule has 21 heavy (non-hydrogen) atoms. The highest BCUT2D eigenvalue weighted by Crippen LogP contribution is 2.34. The Morgan fingerprint density at radius 3 is 2.48 bits per heavy atom. The molecule has 0 aromatic rings. The minimum Gasteiger partial charge on any atom is -0.481 e. The molecule has 0 aliphatic carbocycles. The third kappa shape index (κ3) is 3.65. The number of esters is 1. The van der Waals surface area contributed by atoms with Crippen LogP contribution in [0.15, 0.2) is 0 Å². The molecule has 0 bridgehead atoms. The van der Waals surface area contributed by atoms with Crippen LogP contribution in [0.4, 0.5) is 4.79 Å². The van der Waals surface area contributed by atoms with E-state index in [1.54, 1.807) is 18.9 Å². The minimum absolute atomic E-state index is 0.217. The summed E-state index contributed by atoms with van der Waals surface area (Å²) in [5.41, 5.74) is -0.843. The third-order valence-corrected chi connectivity index (χ3v) is 4.23. The van der Waals surface area contributed by atoms with Gasteiger partial charge in [0.25, 0.3) is 0 Å². The lowest BCUT2D eigenvalue weighted by Crippen LogP contribution is -2.44. The smallest absolute Gasteiger partial charge is 0.319 e. The van der Waals surface area contributed by atoms with Crippen molar-refractivity contribution in [3.05, 3.63) is 0 Å². The van der Waals surface area contributed by atoms with E-state index < -0.39 is 17.3 Å². The fourth-order valence-electron chi connectivity index (χ4n) is 2.66. The van der Waals surface area contributed by atoms with Gasteiger partial charge in [0.2, 0.25) is 0 Å². The topological polar surface area (TPSA) is 87.2 Å². The summed E-state index contributed by atoms with van der Waals surface area (Å²) in [6.07, 6.45) is 0.958. The second-order valence-corrected chi connectivity index (χ2v) is 5.70. The molecule has 1 N–H and O–H groups in total. The lowest BCUT2D eigenvalue weighted by molar-refractivity contribution is -0.148. The van der Waals surface area contributed by atoms with Crippen molar-refractivity contribution in [3.8, 4) is 0 Å². The van der Waals surface area contributed by atoms with E-state index in [9.17, 15) is 19.5 Å². The van der Waals surface area contributed by atoms with Gasteiger partial charge in [0, 0.05) is 26.7 Å². The van der Waals surface area contributed by atoms with Crippen LogP contribution in [0.1, 0.15) is 26.7 Å².